The molecule has 2 aromatic carbocycles. The number of alkyl halides is 3. The zero-order chi connectivity index (χ0) is 21.4. The van der Waals surface area contributed by atoms with Gasteiger partial charge in [-0.1, -0.05) is 13.0 Å². The lowest BCUT2D eigenvalue weighted by molar-refractivity contribution is -0.137. The number of amides is 1. The molecular formula is C21H19F3N2O3. The Balaban J connectivity index is 2.30. The molecule has 0 spiro atoms. The summed E-state index contributed by atoms with van der Waals surface area (Å²) in [5.41, 5.74) is -0.782. The minimum Gasteiger partial charge on any atom is -0.497 e. The minimum absolute atomic E-state index is 0.0665. The van der Waals surface area contributed by atoms with Gasteiger partial charge in [0.1, 0.15) is 23.1 Å². The zero-order valence-electron chi connectivity index (χ0n) is 15.8. The SMILES string of the molecule is CCCOc1cc(OC)ccc1/C=C(\C#N)C(=O)Nc1cccc(C(F)(F)F)c1. The third kappa shape index (κ3) is 6.01. The number of halogens is 3. The van der Waals surface area contributed by atoms with Gasteiger partial charge in [0, 0.05) is 17.3 Å². The van der Waals surface area contributed by atoms with Gasteiger partial charge in [-0.25, -0.2) is 0 Å². The first-order chi connectivity index (χ1) is 13.8. The fraction of sp³-hybridized carbons (Fsp3) is 0.238. The molecule has 29 heavy (non-hydrogen) atoms. The highest BCUT2D eigenvalue weighted by Crippen LogP contribution is 2.31. The average Bonchev–Trinajstić information content (AvgIpc) is 2.70. The molecule has 0 aliphatic carbocycles. The molecule has 152 valence electrons. The van der Waals surface area contributed by atoms with Gasteiger partial charge in [-0.3, -0.25) is 4.79 Å². The third-order valence-electron chi connectivity index (χ3n) is 3.80. The van der Waals surface area contributed by atoms with Crippen LogP contribution in [0.4, 0.5) is 18.9 Å². The van der Waals surface area contributed by atoms with E-state index >= 15 is 0 Å². The van der Waals surface area contributed by atoms with E-state index in [4.69, 9.17) is 9.47 Å². The summed E-state index contributed by atoms with van der Waals surface area (Å²) < 4.78 is 49.3. The predicted octanol–water partition coefficient (Wildman–Crippen LogP) is 5.05. The van der Waals surface area contributed by atoms with Crippen LogP contribution in [0.15, 0.2) is 48.0 Å². The maximum absolute atomic E-state index is 12.8. The number of ether oxygens (including phenoxy) is 2. The monoisotopic (exact) mass is 404 g/mol. The van der Waals surface area contributed by atoms with Crippen molar-refractivity contribution in [2.45, 2.75) is 19.5 Å². The van der Waals surface area contributed by atoms with E-state index in [0.29, 0.717) is 23.7 Å². The van der Waals surface area contributed by atoms with E-state index in [1.807, 2.05) is 6.92 Å². The Labute approximate surface area is 166 Å². The molecule has 0 atom stereocenters. The van der Waals surface area contributed by atoms with Crippen LogP contribution < -0.4 is 14.8 Å². The Bertz CT molecular complexity index is 947. The van der Waals surface area contributed by atoms with E-state index in [1.54, 1.807) is 24.3 Å². The second-order valence-electron chi connectivity index (χ2n) is 5.95. The number of methoxy groups -OCH3 is 1. The zero-order valence-corrected chi connectivity index (χ0v) is 15.8. The van der Waals surface area contributed by atoms with Crippen LogP contribution >= 0.6 is 0 Å². The number of rotatable bonds is 7. The van der Waals surface area contributed by atoms with Gasteiger partial charge in [0.15, 0.2) is 0 Å². The molecule has 1 amide bonds. The van der Waals surface area contributed by atoms with Gasteiger partial charge < -0.3 is 14.8 Å². The number of carbonyl (C=O) groups is 1. The molecule has 1 N–H and O–H groups in total. The van der Waals surface area contributed by atoms with Crippen molar-refractivity contribution in [1.29, 1.82) is 5.26 Å². The molecule has 8 heteroatoms. The van der Waals surface area contributed by atoms with Gasteiger partial charge in [-0.15, -0.1) is 0 Å². The van der Waals surface area contributed by atoms with Crippen LogP contribution in [-0.2, 0) is 11.0 Å². The number of carbonyl (C=O) groups excluding carboxylic acids is 1. The molecule has 2 rings (SSSR count). The van der Waals surface area contributed by atoms with Crippen LogP contribution in [0.3, 0.4) is 0 Å². The lowest BCUT2D eigenvalue weighted by atomic mass is 10.1. The van der Waals surface area contributed by atoms with Crippen LogP contribution in [0.25, 0.3) is 6.08 Å². The fourth-order valence-corrected chi connectivity index (χ4v) is 2.37. The van der Waals surface area contributed by atoms with Gasteiger partial charge in [0.2, 0.25) is 0 Å². The Morgan fingerprint density at radius 3 is 2.62 bits per heavy atom. The van der Waals surface area contributed by atoms with E-state index in [0.717, 1.165) is 18.6 Å². The first-order valence-electron chi connectivity index (χ1n) is 8.69. The number of anilines is 1. The first kappa shape index (κ1) is 21.8. The number of hydrogen-bond donors (Lipinski definition) is 1. The Kier molecular flexibility index (Phi) is 7.26. The molecule has 0 heterocycles. The predicted molar refractivity (Wildman–Crippen MR) is 102 cm³/mol. The number of nitrogens with zero attached hydrogens (tertiary/aromatic N) is 1. The van der Waals surface area contributed by atoms with Crippen LogP contribution in [0.2, 0.25) is 0 Å². The molecule has 0 bridgehead atoms. The lowest BCUT2D eigenvalue weighted by Gasteiger charge is -2.11. The number of benzene rings is 2. The molecule has 0 aliphatic heterocycles. The van der Waals surface area contributed by atoms with Crippen molar-refractivity contribution in [3.05, 3.63) is 59.2 Å². The summed E-state index contributed by atoms with van der Waals surface area (Å²) in [7, 11) is 1.50. The summed E-state index contributed by atoms with van der Waals surface area (Å²) in [5.74, 6) is 0.134. The van der Waals surface area contributed by atoms with Gasteiger partial charge >= 0.3 is 6.18 Å². The quantitative estimate of drug-likeness (QED) is 0.518. The third-order valence-corrected chi connectivity index (χ3v) is 3.80. The number of hydrogen-bond acceptors (Lipinski definition) is 4. The van der Waals surface area contributed by atoms with Crippen LogP contribution in [0, 0.1) is 11.3 Å². The highest BCUT2D eigenvalue weighted by molar-refractivity contribution is 6.09. The van der Waals surface area contributed by atoms with Gasteiger partial charge in [0.05, 0.1) is 19.3 Å². The average molecular weight is 404 g/mol. The van der Waals surface area contributed by atoms with Crippen molar-refractivity contribution < 1.29 is 27.4 Å². The van der Waals surface area contributed by atoms with Crippen molar-refractivity contribution >= 4 is 17.7 Å². The van der Waals surface area contributed by atoms with Crippen LogP contribution in [0.5, 0.6) is 11.5 Å². The Hall–Kier alpha value is -3.47. The highest BCUT2D eigenvalue weighted by Gasteiger charge is 2.30. The fourth-order valence-electron chi connectivity index (χ4n) is 2.37. The molecule has 2 aromatic rings. The molecule has 0 saturated heterocycles. The maximum atomic E-state index is 12.8. The van der Waals surface area contributed by atoms with E-state index in [-0.39, 0.29) is 11.3 Å². The summed E-state index contributed by atoms with van der Waals surface area (Å²) >= 11 is 0. The minimum atomic E-state index is -4.54. The summed E-state index contributed by atoms with van der Waals surface area (Å²) in [6.07, 6.45) is -2.47. The maximum Gasteiger partial charge on any atom is 0.416 e. The summed E-state index contributed by atoms with van der Waals surface area (Å²) in [4.78, 5) is 12.4. The second kappa shape index (κ2) is 9.64. The Morgan fingerprint density at radius 1 is 1.24 bits per heavy atom. The summed E-state index contributed by atoms with van der Waals surface area (Å²) in [6.45, 7) is 2.35. The molecule has 5 nitrogen and oxygen atoms in total. The standard InChI is InChI=1S/C21H19F3N2O3/c1-3-9-29-19-12-18(28-2)8-7-14(19)10-15(13-25)20(27)26-17-6-4-5-16(11-17)21(22,23)24/h4-8,10-12H,3,9H2,1-2H3,(H,26,27)/b15-10+. The molecule has 0 aliphatic rings. The molecular weight excluding hydrogens is 385 g/mol. The van der Waals surface area contributed by atoms with Gasteiger partial charge in [0.25, 0.3) is 5.91 Å². The van der Waals surface area contributed by atoms with E-state index in [1.165, 1.54) is 25.3 Å². The van der Waals surface area contributed by atoms with Crippen molar-refractivity contribution in [2.75, 3.05) is 19.0 Å². The van der Waals surface area contributed by atoms with Gasteiger partial charge in [-0.2, -0.15) is 18.4 Å². The van der Waals surface area contributed by atoms with Crippen LogP contribution in [-0.4, -0.2) is 19.6 Å². The van der Waals surface area contributed by atoms with E-state index in [9.17, 15) is 23.2 Å². The topological polar surface area (TPSA) is 71.3 Å². The summed E-state index contributed by atoms with van der Waals surface area (Å²) in [6, 6.07) is 10.8. The van der Waals surface area contributed by atoms with E-state index < -0.39 is 17.6 Å². The molecule has 0 saturated carbocycles. The van der Waals surface area contributed by atoms with Crippen molar-refractivity contribution in [3.8, 4) is 17.6 Å². The van der Waals surface area contributed by atoms with Crippen molar-refractivity contribution in [2.24, 2.45) is 0 Å². The largest absolute Gasteiger partial charge is 0.497 e. The first-order valence-corrected chi connectivity index (χ1v) is 8.69. The smallest absolute Gasteiger partial charge is 0.416 e. The van der Waals surface area contributed by atoms with Crippen molar-refractivity contribution in [1.82, 2.24) is 0 Å². The highest BCUT2D eigenvalue weighted by atomic mass is 19.4. The molecule has 0 unspecified atom stereocenters. The second-order valence-corrected chi connectivity index (χ2v) is 5.95. The normalized spacial score (nSPS) is 11.5. The van der Waals surface area contributed by atoms with E-state index in [2.05, 4.69) is 5.32 Å². The number of nitriles is 1. The molecule has 0 fully saturated rings. The van der Waals surface area contributed by atoms with Gasteiger partial charge in [-0.05, 0) is 42.8 Å². The number of nitrogens with one attached hydrogen (secondary N) is 1. The van der Waals surface area contributed by atoms with Crippen molar-refractivity contribution in [3.63, 3.8) is 0 Å². The van der Waals surface area contributed by atoms with Crippen LogP contribution in [0.1, 0.15) is 24.5 Å². The molecule has 0 aromatic heterocycles. The Morgan fingerprint density at radius 2 is 2.00 bits per heavy atom. The molecule has 0 radical (unpaired) electrons. The summed E-state index contributed by atoms with van der Waals surface area (Å²) in [5, 5.41) is 11.7. The lowest BCUT2D eigenvalue weighted by Crippen LogP contribution is -2.14.